The van der Waals surface area contributed by atoms with Gasteiger partial charge in [-0.1, -0.05) is 0 Å². The third kappa shape index (κ3) is 2.38. The lowest BCUT2D eigenvalue weighted by Gasteiger charge is -2.24. The summed E-state index contributed by atoms with van der Waals surface area (Å²) < 4.78 is 1.24. The maximum absolute atomic E-state index is 12.6. The van der Waals surface area contributed by atoms with Gasteiger partial charge in [0.15, 0.2) is 0 Å². The van der Waals surface area contributed by atoms with Gasteiger partial charge in [0, 0.05) is 29.4 Å². The Kier molecular flexibility index (Phi) is 3.53. The van der Waals surface area contributed by atoms with Crippen molar-refractivity contribution in [3.8, 4) is 0 Å². The lowest BCUT2D eigenvalue weighted by atomic mass is 10.1. The van der Waals surface area contributed by atoms with Crippen LogP contribution in [0.3, 0.4) is 0 Å². The Labute approximate surface area is 117 Å². The van der Waals surface area contributed by atoms with Crippen molar-refractivity contribution in [3.63, 3.8) is 0 Å². The number of fused-ring (bicyclic) bond motifs is 1. The molecule has 3 rings (SSSR count). The van der Waals surface area contributed by atoms with Crippen molar-refractivity contribution in [2.45, 2.75) is 18.9 Å². The van der Waals surface area contributed by atoms with E-state index in [1.54, 1.807) is 11.3 Å². The number of hydrogen-bond acceptors (Lipinski definition) is 3. The van der Waals surface area contributed by atoms with E-state index in [1.807, 2.05) is 24.1 Å². The summed E-state index contributed by atoms with van der Waals surface area (Å²) in [4.78, 5) is 14.6. The number of hydrogen-bond donors (Lipinski definition) is 1. The largest absolute Gasteiger partial charge is 0.334 e. The summed E-state index contributed by atoms with van der Waals surface area (Å²) in [6.07, 6.45) is 2.21. The predicted octanol–water partition coefficient (Wildman–Crippen LogP) is 2.73. The number of rotatable bonds is 3. The van der Waals surface area contributed by atoms with Gasteiger partial charge in [-0.25, -0.2) is 0 Å². The quantitative estimate of drug-likeness (QED) is 0.933. The second-order valence-electron chi connectivity index (χ2n) is 5.03. The van der Waals surface area contributed by atoms with Crippen LogP contribution < -0.4 is 5.32 Å². The minimum Gasteiger partial charge on any atom is -0.334 e. The predicted molar refractivity (Wildman–Crippen MR) is 79.8 cm³/mol. The van der Waals surface area contributed by atoms with Gasteiger partial charge in [0.2, 0.25) is 0 Å². The molecule has 1 saturated heterocycles. The van der Waals surface area contributed by atoms with Crippen LogP contribution in [0.4, 0.5) is 0 Å². The topological polar surface area (TPSA) is 32.3 Å². The molecule has 1 aromatic carbocycles. The van der Waals surface area contributed by atoms with E-state index in [9.17, 15) is 4.79 Å². The van der Waals surface area contributed by atoms with E-state index in [0.717, 1.165) is 31.5 Å². The van der Waals surface area contributed by atoms with Gasteiger partial charge in [0.1, 0.15) is 0 Å². The third-order valence-electron chi connectivity index (χ3n) is 3.78. The molecule has 1 fully saturated rings. The lowest BCUT2D eigenvalue weighted by Crippen LogP contribution is -2.40. The summed E-state index contributed by atoms with van der Waals surface area (Å²) in [6.45, 7) is 1.76. The molecule has 1 atom stereocenters. The zero-order chi connectivity index (χ0) is 13.2. The van der Waals surface area contributed by atoms with Gasteiger partial charge in [-0.2, -0.15) is 0 Å². The van der Waals surface area contributed by atoms with Crippen LogP contribution in [0.25, 0.3) is 10.1 Å². The fourth-order valence-corrected chi connectivity index (χ4v) is 3.59. The number of thiophene rings is 1. The van der Waals surface area contributed by atoms with Gasteiger partial charge in [0.25, 0.3) is 5.91 Å². The first-order chi connectivity index (χ1) is 9.29. The highest BCUT2D eigenvalue weighted by molar-refractivity contribution is 7.17. The number of likely N-dealkylation sites (N-methyl/N-ethyl adjacent to an activating group) is 1. The summed E-state index contributed by atoms with van der Waals surface area (Å²) >= 11 is 1.71. The first kappa shape index (κ1) is 12.6. The fraction of sp³-hybridized carbons (Fsp3) is 0.400. The van der Waals surface area contributed by atoms with E-state index in [1.165, 1.54) is 10.1 Å². The zero-order valence-electron chi connectivity index (χ0n) is 11.1. The third-order valence-corrected chi connectivity index (χ3v) is 4.67. The second kappa shape index (κ2) is 5.31. The molecular formula is C15H18N2OS. The first-order valence-electron chi connectivity index (χ1n) is 6.72. The number of carbonyl (C=O) groups is 1. The summed E-state index contributed by atoms with van der Waals surface area (Å²) in [5, 5.41) is 6.41. The van der Waals surface area contributed by atoms with Gasteiger partial charge in [-0.3, -0.25) is 4.79 Å². The van der Waals surface area contributed by atoms with Crippen LogP contribution in [0.1, 0.15) is 23.2 Å². The Morgan fingerprint density at radius 1 is 1.47 bits per heavy atom. The molecular weight excluding hydrogens is 256 g/mol. The lowest BCUT2D eigenvalue weighted by molar-refractivity contribution is 0.0737. The average molecular weight is 274 g/mol. The monoisotopic (exact) mass is 274 g/mol. The maximum atomic E-state index is 12.6. The Balaban J connectivity index is 1.86. The van der Waals surface area contributed by atoms with E-state index in [0.29, 0.717) is 6.04 Å². The Bertz CT molecular complexity index is 593. The summed E-state index contributed by atoms with van der Waals surface area (Å²) in [7, 11) is 1.94. The molecule has 2 heterocycles. The Hall–Kier alpha value is -1.39. The SMILES string of the molecule is CNCC1CCCN1C(=O)c1ccc2sccc2c1. The number of benzene rings is 1. The molecule has 4 heteroatoms. The molecule has 1 amide bonds. The van der Waals surface area contributed by atoms with Crippen LogP contribution in [0.15, 0.2) is 29.6 Å². The number of amides is 1. The van der Waals surface area contributed by atoms with E-state index in [4.69, 9.17) is 0 Å². The van der Waals surface area contributed by atoms with Crippen molar-refractivity contribution < 1.29 is 4.79 Å². The number of nitrogens with one attached hydrogen (secondary N) is 1. The van der Waals surface area contributed by atoms with E-state index in [2.05, 4.69) is 22.8 Å². The first-order valence-corrected chi connectivity index (χ1v) is 7.60. The number of likely N-dealkylation sites (tertiary alicyclic amines) is 1. The molecule has 19 heavy (non-hydrogen) atoms. The average Bonchev–Trinajstić information content (AvgIpc) is 3.05. The Morgan fingerprint density at radius 3 is 3.21 bits per heavy atom. The molecule has 1 aliphatic heterocycles. The van der Waals surface area contributed by atoms with Gasteiger partial charge >= 0.3 is 0 Å². The minimum absolute atomic E-state index is 0.172. The minimum atomic E-state index is 0.172. The van der Waals surface area contributed by atoms with E-state index in [-0.39, 0.29) is 5.91 Å². The summed E-state index contributed by atoms with van der Waals surface area (Å²) in [5.74, 6) is 0.172. The molecule has 0 aliphatic carbocycles. The molecule has 3 nitrogen and oxygen atoms in total. The summed E-state index contributed by atoms with van der Waals surface area (Å²) in [6, 6.07) is 8.44. The normalized spacial score (nSPS) is 19.2. The highest BCUT2D eigenvalue weighted by atomic mass is 32.1. The van der Waals surface area contributed by atoms with Crippen LogP contribution in [0.2, 0.25) is 0 Å². The van der Waals surface area contributed by atoms with Gasteiger partial charge in [0.05, 0.1) is 0 Å². The molecule has 0 bridgehead atoms. The summed E-state index contributed by atoms with van der Waals surface area (Å²) in [5.41, 5.74) is 0.814. The standard InChI is InChI=1S/C15H18N2OS/c1-16-10-13-3-2-7-17(13)15(18)12-4-5-14-11(9-12)6-8-19-14/h4-6,8-9,13,16H,2-3,7,10H2,1H3. The van der Waals surface area contributed by atoms with Crippen molar-refractivity contribution in [2.75, 3.05) is 20.1 Å². The van der Waals surface area contributed by atoms with Crippen LogP contribution in [-0.4, -0.2) is 37.0 Å². The highest BCUT2D eigenvalue weighted by Gasteiger charge is 2.28. The molecule has 0 saturated carbocycles. The zero-order valence-corrected chi connectivity index (χ0v) is 11.9. The van der Waals surface area contributed by atoms with Crippen molar-refractivity contribution >= 4 is 27.3 Å². The maximum Gasteiger partial charge on any atom is 0.254 e. The van der Waals surface area contributed by atoms with Crippen LogP contribution in [0, 0.1) is 0 Å². The number of carbonyl (C=O) groups excluding carboxylic acids is 1. The molecule has 100 valence electrons. The smallest absolute Gasteiger partial charge is 0.254 e. The van der Waals surface area contributed by atoms with Gasteiger partial charge in [-0.15, -0.1) is 11.3 Å². The molecule has 0 spiro atoms. The van der Waals surface area contributed by atoms with E-state index < -0.39 is 0 Å². The highest BCUT2D eigenvalue weighted by Crippen LogP contribution is 2.24. The van der Waals surface area contributed by atoms with Gasteiger partial charge in [-0.05, 0) is 54.9 Å². The molecule has 1 N–H and O–H groups in total. The van der Waals surface area contributed by atoms with Crippen molar-refractivity contribution in [3.05, 3.63) is 35.2 Å². The molecule has 1 aliphatic rings. The van der Waals surface area contributed by atoms with Crippen molar-refractivity contribution in [2.24, 2.45) is 0 Å². The van der Waals surface area contributed by atoms with Crippen molar-refractivity contribution in [1.82, 2.24) is 10.2 Å². The van der Waals surface area contributed by atoms with E-state index >= 15 is 0 Å². The van der Waals surface area contributed by atoms with Gasteiger partial charge < -0.3 is 10.2 Å². The molecule has 0 radical (unpaired) electrons. The fourth-order valence-electron chi connectivity index (χ4n) is 2.82. The molecule has 1 unspecified atom stereocenters. The van der Waals surface area contributed by atoms with Crippen molar-refractivity contribution in [1.29, 1.82) is 0 Å². The molecule has 1 aromatic heterocycles. The van der Waals surface area contributed by atoms with Crippen LogP contribution in [-0.2, 0) is 0 Å². The molecule has 2 aromatic rings. The second-order valence-corrected chi connectivity index (χ2v) is 5.97. The van der Waals surface area contributed by atoms with Crippen LogP contribution in [0.5, 0.6) is 0 Å². The Morgan fingerprint density at radius 2 is 2.37 bits per heavy atom. The van der Waals surface area contributed by atoms with Crippen LogP contribution >= 0.6 is 11.3 Å². The number of nitrogens with zero attached hydrogens (tertiary/aromatic N) is 1.